The Labute approximate surface area is 116 Å². The summed E-state index contributed by atoms with van der Waals surface area (Å²) < 4.78 is 29.1. The van der Waals surface area contributed by atoms with Crippen LogP contribution in [-0.2, 0) is 22.0 Å². The van der Waals surface area contributed by atoms with Gasteiger partial charge in [0.2, 0.25) is 20.7 Å². The van der Waals surface area contributed by atoms with E-state index in [2.05, 4.69) is 0 Å². The molecule has 20 heavy (non-hydrogen) atoms. The van der Waals surface area contributed by atoms with Gasteiger partial charge in [0, 0.05) is 0 Å². The molecule has 2 rings (SSSR count). The summed E-state index contributed by atoms with van der Waals surface area (Å²) >= 11 is 0. The topological polar surface area (TPSA) is 84.6 Å². The van der Waals surface area contributed by atoms with Crippen LogP contribution in [-0.4, -0.2) is 19.5 Å². The van der Waals surface area contributed by atoms with E-state index in [4.69, 9.17) is 9.52 Å². The average molecular weight is 294 g/mol. The van der Waals surface area contributed by atoms with Crippen LogP contribution in [0.3, 0.4) is 0 Å². The minimum absolute atomic E-state index is 0.219. The van der Waals surface area contributed by atoms with Crippen molar-refractivity contribution in [2.24, 2.45) is 0 Å². The van der Waals surface area contributed by atoms with Gasteiger partial charge in [-0.25, -0.2) is 13.2 Å². The molecule has 1 heterocycles. The van der Waals surface area contributed by atoms with Crippen molar-refractivity contribution in [1.82, 2.24) is 0 Å². The van der Waals surface area contributed by atoms with Crippen molar-refractivity contribution in [3.63, 3.8) is 0 Å². The summed E-state index contributed by atoms with van der Waals surface area (Å²) in [6.45, 7) is 2.02. The van der Waals surface area contributed by atoms with Crippen LogP contribution in [0.15, 0.2) is 45.9 Å². The summed E-state index contributed by atoms with van der Waals surface area (Å²) in [6, 6.07) is 9.54. The lowest BCUT2D eigenvalue weighted by Crippen LogP contribution is -2.04. The normalized spacial score (nSPS) is 11.4. The van der Waals surface area contributed by atoms with Crippen molar-refractivity contribution in [3.05, 3.63) is 53.3 Å². The van der Waals surface area contributed by atoms with Gasteiger partial charge in [-0.15, -0.1) is 0 Å². The lowest BCUT2D eigenvalue weighted by molar-refractivity contribution is 0.0656. The second kappa shape index (κ2) is 5.50. The second-order valence-electron chi connectivity index (χ2n) is 4.35. The van der Waals surface area contributed by atoms with E-state index in [-0.39, 0.29) is 16.6 Å². The molecule has 0 saturated heterocycles. The summed E-state index contributed by atoms with van der Waals surface area (Å²) in [4.78, 5) is 10.7. The zero-order valence-corrected chi connectivity index (χ0v) is 11.7. The van der Waals surface area contributed by atoms with Crippen LogP contribution < -0.4 is 0 Å². The predicted octanol–water partition coefficient (Wildman–Crippen LogP) is 2.51. The molecule has 106 valence electrons. The Hall–Kier alpha value is -2.08. The minimum Gasteiger partial charge on any atom is -0.475 e. The Balaban J connectivity index is 2.23. The van der Waals surface area contributed by atoms with E-state index in [0.717, 1.165) is 18.1 Å². The number of sulfone groups is 1. The van der Waals surface area contributed by atoms with Crippen LogP contribution in [0, 0.1) is 0 Å². The Morgan fingerprint density at radius 3 is 2.20 bits per heavy atom. The van der Waals surface area contributed by atoms with Crippen LogP contribution >= 0.6 is 0 Å². The molecular weight excluding hydrogens is 280 g/mol. The largest absolute Gasteiger partial charge is 0.475 e. The van der Waals surface area contributed by atoms with Gasteiger partial charge in [-0.1, -0.05) is 31.2 Å². The third kappa shape index (κ3) is 3.08. The maximum atomic E-state index is 12.1. The van der Waals surface area contributed by atoms with Gasteiger partial charge in [0.1, 0.15) is 0 Å². The second-order valence-corrected chi connectivity index (χ2v) is 6.27. The maximum absolute atomic E-state index is 12.1. The van der Waals surface area contributed by atoms with Gasteiger partial charge in [0.25, 0.3) is 0 Å². The molecule has 1 aromatic carbocycles. The van der Waals surface area contributed by atoms with Gasteiger partial charge in [-0.3, -0.25) is 0 Å². The molecule has 1 N–H and O–H groups in total. The van der Waals surface area contributed by atoms with Gasteiger partial charge in [-0.2, -0.15) is 0 Å². The maximum Gasteiger partial charge on any atom is 0.371 e. The summed E-state index contributed by atoms with van der Waals surface area (Å²) in [6.07, 6.45) is 0.882. The lowest BCUT2D eigenvalue weighted by atomic mass is 10.1. The Morgan fingerprint density at radius 2 is 1.70 bits per heavy atom. The van der Waals surface area contributed by atoms with Crippen LogP contribution in [0.1, 0.15) is 28.6 Å². The van der Waals surface area contributed by atoms with Gasteiger partial charge in [0.15, 0.2) is 0 Å². The molecule has 1 aromatic heterocycles. The van der Waals surface area contributed by atoms with Crippen molar-refractivity contribution in [2.45, 2.75) is 24.2 Å². The van der Waals surface area contributed by atoms with Crippen LogP contribution in [0.25, 0.3) is 0 Å². The number of carboxylic acids is 1. The van der Waals surface area contributed by atoms with Crippen molar-refractivity contribution in [3.8, 4) is 0 Å². The molecule has 0 fully saturated rings. The number of aryl methyl sites for hydroxylation is 1. The number of furan rings is 1. The fourth-order valence-electron chi connectivity index (χ4n) is 1.76. The van der Waals surface area contributed by atoms with Crippen LogP contribution in [0.4, 0.5) is 0 Å². The van der Waals surface area contributed by atoms with Crippen LogP contribution in [0.5, 0.6) is 0 Å². The van der Waals surface area contributed by atoms with E-state index in [9.17, 15) is 13.2 Å². The highest BCUT2D eigenvalue weighted by atomic mass is 32.2. The van der Waals surface area contributed by atoms with Gasteiger partial charge in [0.05, 0.1) is 5.75 Å². The van der Waals surface area contributed by atoms with Gasteiger partial charge >= 0.3 is 5.97 Å². The first-order chi connectivity index (χ1) is 9.42. The van der Waals surface area contributed by atoms with E-state index >= 15 is 0 Å². The quantitative estimate of drug-likeness (QED) is 0.915. The SMILES string of the molecule is CCc1ccc(CS(=O)(=O)c2ccc(C(=O)O)o2)cc1. The molecule has 0 bridgehead atoms. The smallest absolute Gasteiger partial charge is 0.371 e. The van der Waals surface area contributed by atoms with Crippen molar-refractivity contribution in [1.29, 1.82) is 0 Å². The van der Waals surface area contributed by atoms with Crippen molar-refractivity contribution < 1.29 is 22.7 Å². The number of aromatic carboxylic acids is 1. The standard InChI is InChI=1S/C14H14O5S/c1-2-10-3-5-11(6-4-10)9-20(17,18)13-8-7-12(19-13)14(15)16/h3-8H,2,9H2,1H3,(H,15,16). The molecule has 0 spiro atoms. The van der Waals surface area contributed by atoms with Crippen molar-refractivity contribution in [2.75, 3.05) is 0 Å². The van der Waals surface area contributed by atoms with E-state index in [1.807, 2.05) is 19.1 Å². The number of benzene rings is 1. The molecule has 0 radical (unpaired) electrons. The molecule has 5 nitrogen and oxygen atoms in total. The Bertz CT molecular complexity index is 710. The van der Waals surface area contributed by atoms with Crippen molar-refractivity contribution >= 4 is 15.8 Å². The zero-order chi connectivity index (χ0) is 14.8. The third-order valence-corrected chi connectivity index (χ3v) is 4.43. The minimum atomic E-state index is -3.68. The van der Waals surface area contributed by atoms with Gasteiger partial charge < -0.3 is 9.52 Å². The third-order valence-electron chi connectivity index (χ3n) is 2.89. The summed E-state index contributed by atoms with van der Waals surface area (Å²) in [5.74, 6) is -1.90. The molecule has 0 saturated carbocycles. The highest BCUT2D eigenvalue weighted by Crippen LogP contribution is 2.19. The molecule has 0 aliphatic heterocycles. The number of hydrogen-bond acceptors (Lipinski definition) is 4. The average Bonchev–Trinajstić information content (AvgIpc) is 2.90. The predicted molar refractivity (Wildman–Crippen MR) is 72.4 cm³/mol. The fourth-order valence-corrected chi connectivity index (χ4v) is 3.03. The summed E-state index contributed by atoms with van der Waals surface area (Å²) in [7, 11) is -3.68. The number of hydrogen-bond donors (Lipinski definition) is 1. The van der Waals surface area contributed by atoms with E-state index in [0.29, 0.717) is 5.56 Å². The molecule has 0 atom stereocenters. The Morgan fingerprint density at radius 1 is 1.10 bits per heavy atom. The molecule has 2 aromatic rings. The number of carboxylic acid groups (broad SMARTS) is 1. The molecule has 0 aliphatic carbocycles. The fraction of sp³-hybridized carbons (Fsp3) is 0.214. The first-order valence-electron chi connectivity index (χ1n) is 6.06. The van der Waals surface area contributed by atoms with E-state index in [1.54, 1.807) is 12.1 Å². The highest BCUT2D eigenvalue weighted by Gasteiger charge is 2.21. The summed E-state index contributed by atoms with van der Waals surface area (Å²) in [5.41, 5.74) is 1.76. The van der Waals surface area contributed by atoms with Gasteiger partial charge in [-0.05, 0) is 29.7 Å². The molecule has 0 unspecified atom stereocenters. The molecule has 6 heteroatoms. The number of rotatable bonds is 5. The summed E-state index contributed by atoms with van der Waals surface area (Å²) in [5, 5.41) is 8.40. The first kappa shape index (κ1) is 14.3. The number of carbonyl (C=O) groups is 1. The zero-order valence-electron chi connectivity index (χ0n) is 10.9. The Kier molecular flexibility index (Phi) is 3.94. The monoisotopic (exact) mass is 294 g/mol. The highest BCUT2D eigenvalue weighted by molar-refractivity contribution is 7.90. The van der Waals surface area contributed by atoms with Crippen LogP contribution in [0.2, 0.25) is 0 Å². The molecule has 0 aliphatic rings. The molecule has 0 amide bonds. The molecular formula is C14H14O5S. The van der Waals surface area contributed by atoms with E-state index < -0.39 is 15.8 Å². The van der Waals surface area contributed by atoms with E-state index in [1.165, 1.54) is 6.07 Å². The lowest BCUT2D eigenvalue weighted by Gasteiger charge is -2.03. The first-order valence-corrected chi connectivity index (χ1v) is 7.71.